The monoisotopic (exact) mass is 476 g/mol. The molecule has 0 aromatic heterocycles. The van der Waals surface area contributed by atoms with Crippen LogP contribution in [0.5, 0.6) is 5.75 Å². The van der Waals surface area contributed by atoms with Crippen molar-refractivity contribution in [1.29, 1.82) is 0 Å². The standard InChI is InChI=1S/C15H14Br2N2O4S/c1-9-5-6-10(7-13(9)24(18,21)22)19-14(20)8-23-15-11(16)3-2-4-12(15)17/h2-7H,8H2,1H3,(H,19,20)(H2,18,21,22). The van der Waals surface area contributed by atoms with Crippen molar-refractivity contribution in [3.63, 3.8) is 0 Å². The zero-order valence-electron chi connectivity index (χ0n) is 12.5. The van der Waals surface area contributed by atoms with Crippen LogP contribution in [0.4, 0.5) is 5.69 Å². The van der Waals surface area contributed by atoms with Crippen LogP contribution in [0.25, 0.3) is 0 Å². The van der Waals surface area contributed by atoms with E-state index in [2.05, 4.69) is 37.2 Å². The van der Waals surface area contributed by atoms with Crippen LogP contribution in [0.3, 0.4) is 0 Å². The molecule has 2 aromatic carbocycles. The molecule has 24 heavy (non-hydrogen) atoms. The number of halogens is 2. The smallest absolute Gasteiger partial charge is 0.262 e. The van der Waals surface area contributed by atoms with Crippen molar-refractivity contribution in [2.75, 3.05) is 11.9 Å². The van der Waals surface area contributed by atoms with Crippen molar-refractivity contribution < 1.29 is 17.9 Å². The van der Waals surface area contributed by atoms with Gasteiger partial charge in [0.15, 0.2) is 6.61 Å². The highest BCUT2D eigenvalue weighted by atomic mass is 79.9. The number of hydrogen-bond donors (Lipinski definition) is 2. The lowest BCUT2D eigenvalue weighted by molar-refractivity contribution is -0.118. The minimum absolute atomic E-state index is 0.0326. The van der Waals surface area contributed by atoms with E-state index in [0.717, 1.165) is 0 Å². The summed E-state index contributed by atoms with van der Waals surface area (Å²) in [4.78, 5) is 12.0. The van der Waals surface area contributed by atoms with Crippen molar-refractivity contribution >= 4 is 53.5 Å². The van der Waals surface area contributed by atoms with Gasteiger partial charge in [-0.05, 0) is 68.6 Å². The summed E-state index contributed by atoms with van der Waals surface area (Å²) < 4.78 is 29.9. The molecule has 9 heteroatoms. The van der Waals surface area contributed by atoms with Gasteiger partial charge in [0.05, 0.1) is 13.8 Å². The molecule has 0 aliphatic carbocycles. The van der Waals surface area contributed by atoms with E-state index in [1.807, 2.05) is 6.07 Å². The number of nitrogens with two attached hydrogens (primary N) is 1. The fourth-order valence-electron chi connectivity index (χ4n) is 1.94. The third kappa shape index (κ3) is 4.79. The molecule has 0 saturated heterocycles. The highest BCUT2D eigenvalue weighted by molar-refractivity contribution is 9.11. The lowest BCUT2D eigenvalue weighted by Gasteiger charge is -2.11. The Kier molecular flexibility index (Phi) is 6.02. The average molecular weight is 478 g/mol. The molecule has 0 spiro atoms. The molecule has 1 amide bonds. The second-order valence-electron chi connectivity index (χ2n) is 4.91. The minimum Gasteiger partial charge on any atom is -0.481 e. The van der Waals surface area contributed by atoms with Crippen molar-refractivity contribution in [3.8, 4) is 5.75 Å². The number of carbonyl (C=O) groups excluding carboxylic acids is 1. The average Bonchev–Trinajstić information content (AvgIpc) is 2.47. The number of sulfonamides is 1. The molecule has 0 bridgehead atoms. The number of benzene rings is 2. The zero-order valence-corrected chi connectivity index (χ0v) is 16.5. The fourth-order valence-corrected chi connectivity index (χ4v) is 3.97. The number of ether oxygens (including phenoxy) is 1. The van der Waals surface area contributed by atoms with Crippen LogP contribution in [0, 0.1) is 6.92 Å². The number of aryl methyl sites for hydroxylation is 1. The molecule has 6 nitrogen and oxygen atoms in total. The van der Waals surface area contributed by atoms with E-state index in [1.165, 1.54) is 6.07 Å². The van der Waals surface area contributed by atoms with Crippen LogP contribution in [0.15, 0.2) is 50.2 Å². The molecule has 128 valence electrons. The number of amides is 1. The molecule has 2 aromatic rings. The lowest BCUT2D eigenvalue weighted by Crippen LogP contribution is -2.21. The van der Waals surface area contributed by atoms with Crippen molar-refractivity contribution in [2.24, 2.45) is 5.14 Å². The molecule has 2 rings (SSSR count). The molecule has 3 N–H and O–H groups in total. The van der Waals surface area contributed by atoms with Gasteiger partial charge in [0.25, 0.3) is 5.91 Å². The maximum absolute atomic E-state index is 12.0. The van der Waals surface area contributed by atoms with E-state index >= 15 is 0 Å². The van der Waals surface area contributed by atoms with Gasteiger partial charge >= 0.3 is 0 Å². The highest BCUT2D eigenvalue weighted by Gasteiger charge is 2.14. The van der Waals surface area contributed by atoms with Crippen LogP contribution < -0.4 is 15.2 Å². The van der Waals surface area contributed by atoms with Crippen LogP contribution in [0.1, 0.15) is 5.56 Å². The first-order valence-electron chi connectivity index (χ1n) is 6.68. The Hall–Kier alpha value is -1.42. The summed E-state index contributed by atoms with van der Waals surface area (Å²) in [7, 11) is -3.85. The molecule has 0 heterocycles. The Balaban J connectivity index is 2.08. The molecular formula is C15H14Br2N2O4S. The number of nitrogens with one attached hydrogen (secondary N) is 1. The molecule has 0 radical (unpaired) electrons. The van der Waals surface area contributed by atoms with Gasteiger partial charge in [0.1, 0.15) is 5.75 Å². The molecule has 0 aliphatic heterocycles. The zero-order chi connectivity index (χ0) is 17.9. The highest BCUT2D eigenvalue weighted by Crippen LogP contribution is 2.32. The van der Waals surface area contributed by atoms with Crippen LogP contribution in [-0.2, 0) is 14.8 Å². The number of rotatable bonds is 5. The second-order valence-corrected chi connectivity index (χ2v) is 8.15. The van der Waals surface area contributed by atoms with Crippen molar-refractivity contribution in [2.45, 2.75) is 11.8 Å². The SMILES string of the molecule is Cc1ccc(NC(=O)COc2c(Br)cccc2Br)cc1S(N)(=O)=O. The molecule has 0 fully saturated rings. The third-order valence-corrected chi connectivity index (χ3v) is 5.35. The maximum atomic E-state index is 12.0. The van der Waals surface area contributed by atoms with Crippen molar-refractivity contribution in [3.05, 3.63) is 50.9 Å². The second kappa shape index (κ2) is 7.64. The molecule has 0 unspecified atom stereocenters. The summed E-state index contributed by atoms with van der Waals surface area (Å²) in [5.41, 5.74) is 0.827. The summed E-state index contributed by atoms with van der Waals surface area (Å²) in [6.45, 7) is 1.39. The number of anilines is 1. The Bertz CT molecular complexity index is 865. The summed E-state index contributed by atoms with van der Waals surface area (Å²) in [5, 5.41) is 7.73. The first-order chi connectivity index (χ1) is 11.2. The van der Waals surface area contributed by atoms with Gasteiger partial charge in [0, 0.05) is 5.69 Å². The summed E-state index contributed by atoms with van der Waals surface area (Å²) in [6.07, 6.45) is 0. The van der Waals surface area contributed by atoms with E-state index in [0.29, 0.717) is 25.9 Å². The quantitative estimate of drug-likeness (QED) is 0.690. The van der Waals surface area contributed by atoms with Gasteiger partial charge in [-0.1, -0.05) is 12.1 Å². The molecular weight excluding hydrogens is 464 g/mol. The lowest BCUT2D eigenvalue weighted by atomic mass is 10.2. The first-order valence-corrected chi connectivity index (χ1v) is 9.82. The molecule has 0 saturated carbocycles. The van der Waals surface area contributed by atoms with Crippen LogP contribution in [-0.4, -0.2) is 20.9 Å². The van der Waals surface area contributed by atoms with Gasteiger partial charge < -0.3 is 10.1 Å². The van der Waals surface area contributed by atoms with Gasteiger partial charge in [-0.2, -0.15) is 0 Å². The van der Waals surface area contributed by atoms with Crippen molar-refractivity contribution in [1.82, 2.24) is 0 Å². The third-order valence-electron chi connectivity index (χ3n) is 3.04. The van der Waals surface area contributed by atoms with Gasteiger partial charge in [-0.25, -0.2) is 13.6 Å². The number of carbonyl (C=O) groups is 1. The van der Waals surface area contributed by atoms with Crippen LogP contribution >= 0.6 is 31.9 Å². The van der Waals surface area contributed by atoms with E-state index in [-0.39, 0.29) is 11.5 Å². The number of para-hydroxylation sites is 1. The molecule has 0 aliphatic rings. The first kappa shape index (κ1) is 18.9. The normalized spacial score (nSPS) is 11.2. The largest absolute Gasteiger partial charge is 0.481 e. The van der Waals surface area contributed by atoms with Gasteiger partial charge in [-0.3, -0.25) is 4.79 Å². The van der Waals surface area contributed by atoms with E-state index in [1.54, 1.807) is 31.2 Å². The van der Waals surface area contributed by atoms with E-state index in [4.69, 9.17) is 9.88 Å². The summed E-state index contributed by atoms with van der Waals surface area (Å²) in [5.74, 6) is 0.0728. The van der Waals surface area contributed by atoms with Crippen LogP contribution in [0.2, 0.25) is 0 Å². The minimum atomic E-state index is -3.85. The Labute approximate surface area is 156 Å². The van der Waals surface area contributed by atoms with Gasteiger partial charge in [-0.15, -0.1) is 0 Å². The topological polar surface area (TPSA) is 98.5 Å². The maximum Gasteiger partial charge on any atom is 0.262 e. The Morgan fingerprint density at radius 2 is 1.83 bits per heavy atom. The summed E-state index contributed by atoms with van der Waals surface area (Å²) >= 11 is 6.67. The Morgan fingerprint density at radius 1 is 1.21 bits per heavy atom. The molecule has 0 atom stereocenters. The number of hydrogen-bond acceptors (Lipinski definition) is 4. The fraction of sp³-hybridized carbons (Fsp3) is 0.133. The van der Waals surface area contributed by atoms with E-state index < -0.39 is 15.9 Å². The van der Waals surface area contributed by atoms with Gasteiger partial charge in [0.2, 0.25) is 10.0 Å². The van der Waals surface area contributed by atoms with E-state index in [9.17, 15) is 13.2 Å². The number of primary sulfonamides is 1. The Morgan fingerprint density at radius 3 is 2.42 bits per heavy atom. The predicted molar refractivity (Wildman–Crippen MR) is 98.5 cm³/mol. The summed E-state index contributed by atoms with van der Waals surface area (Å²) in [6, 6.07) is 9.88. The predicted octanol–water partition coefficient (Wildman–Crippen LogP) is 3.18.